The number of halogens is 3. The van der Waals surface area contributed by atoms with Crippen LogP contribution in [0.5, 0.6) is 5.75 Å². The molecule has 33 heavy (non-hydrogen) atoms. The Bertz CT molecular complexity index is 1450. The predicted octanol–water partition coefficient (Wildman–Crippen LogP) is 4.52. The highest BCUT2D eigenvalue weighted by Gasteiger charge is 2.33. The summed E-state index contributed by atoms with van der Waals surface area (Å²) in [6.07, 6.45) is 1.75. The van der Waals surface area contributed by atoms with Crippen molar-refractivity contribution in [3.05, 3.63) is 91.5 Å². The molecule has 3 aromatic rings. The highest BCUT2D eigenvalue weighted by molar-refractivity contribution is 14.1. The number of aromatic nitrogens is 1. The number of ether oxygens (including phenoxy) is 1. The van der Waals surface area contributed by atoms with Gasteiger partial charge in [-0.1, -0.05) is 35.1 Å². The van der Waals surface area contributed by atoms with E-state index in [0.717, 1.165) is 11.1 Å². The van der Waals surface area contributed by atoms with Gasteiger partial charge in [0.1, 0.15) is 5.75 Å². The average Bonchev–Trinajstić information content (AvgIpc) is 3.06. The van der Waals surface area contributed by atoms with Gasteiger partial charge in [0, 0.05) is 5.02 Å². The number of carbonyl (C=O) groups is 1. The number of allylic oxidation sites excluding steroid dienone is 1. The fourth-order valence-corrected chi connectivity index (χ4v) is 6.24. The van der Waals surface area contributed by atoms with Gasteiger partial charge in [-0.25, -0.2) is 9.79 Å². The van der Waals surface area contributed by atoms with Crippen molar-refractivity contribution in [2.24, 2.45) is 4.99 Å². The molecular formula is C23H17BrClIN2O4S. The minimum atomic E-state index is -0.689. The van der Waals surface area contributed by atoms with E-state index in [4.69, 9.17) is 16.3 Å². The van der Waals surface area contributed by atoms with Crippen molar-refractivity contribution in [2.45, 2.75) is 19.9 Å². The average molecular weight is 660 g/mol. The molecule has 1 aliphatic heterocycles. The molecule has 4 rings (SSSR count). The van der Waals surface area contributed by atoms with Gasteiger partial charge in [-0.05, 0) is 93.8 Å². The monoisotopic (exact) mass is 658 g/mol. The number of benzene rings is 2. The van der Waals surface area contributed by atoms with Gasteiger partial charge >= 0.3 is 5.97 Å². The summed E-state index contributed by atoms with van der Waals surface area (Å²) in [5, 5.41) is 10.6. The standard InChI is InChI=1S/C23H17BrClIN2O4S/c1-3-32-22(31)18-11(2)27-23-28(19(18)13-4-6-14(25)7-5-13)21(30)17(33-23)10-12-8-15(24)20(29)16(26)9-12/h4-10,19,29H,3H2,1-2H3/b17-10+/t19-/m0/s1. The number of hydrogen-bond acceptors (Lipinski definition) is 6. The summed E-state index contributed by atoms with van der Waals surface area (Å²) in [5.41, 5.74) is 2.03. The number of phenolic OH excluding ortho intramolecular Hbond substituents is 1. The van der Waals surface area contributed by atoms with Gasteiger partial charge in [-0.15, -0.1) is 0 Å². The van der Waals surface area contributed by atoms with Crippen LogP contribution in [-0.4, -0.2) is 22.2 Å². The molecule has 0 saturated heterocycles. The highest BCUT2D eigenvalue weighted by atomic mass is 127. The quantitative estimate of drug-likeness (QED) is 0.330. The lowest BCUT2D eigenvalue weighted by Gasteiger charge is -2.24. The number of nitrogens with zero attached hydrogens (tertiary/aromatic N) is 2. The van der Waals surface area contributed by atoms with Crippen LogP contribution in [0.1, 0.15) is 31.0 Å². The molecule has 0 fully saturated rings. The van der Waals surface area contributed by atoms with Crippen molar-refractivity contribution in [1.29, 1.82) is 0 Å². The van der Waals surface area contributed by atoms with E-state index in [-0.39, 0.29) is 17.9 Å². The maximum absolute atomic E-state index is 13.6. The van der Waals surface area contributed by atoms with E-state index in [0.29, 0.717) is 33.7 Å². The molecular weight excluding hydrogens is 643 g/mol. The molecule has 0 unspecified atom stereocenters. The summed E-state index contributed by atoms with van der Waals surface area (Å²) in [4.78, 5) is 31.5. The van der Waals surface area contributed by atoms with Crippen LogP contribution in [0.3, 0.4) is 0 Å². The summed E-state index contributed by atoms with van der Waals surface area (Å²) < 4.78 is 8.46. The molecule has 1 atom stereocenters. The molecule has 10 heteroatoms. The highest BCUT2D eigenvalue weighted by Crippen LogP contribution is 2.32. The molecule has 1 N–H and O–H groups in total. The summed E-state index contributed by atoms with van der Waals surface area (Å²) in [7, 11) is 0. The van der Waals surface area contributed by atoms with Crippen LogP contribution in [0.25, 0.3) is 6.08 Å². The molecule has 0 radical (unpaired) electrons. The Morgan fingerprint density at radius 3 is 2.70 bits per heavy atom. The summed E-state index contributed by atoms with van der Waals surface area (Å²) >= 11 is 12.7. The Morgan fingerprint density at radius 1 is 1.36 bits per heavy atom. The number of thiazole rings is 1. The maximum atomic E-state index is 13.6. The third kappa shape index (κ3) is 4.68. The van der Waals surface area contributed by atoms with Gasteiger partial charge in [0.05, 0.1) is 36.5 Å². The summed E-state index contributed by atoms with van der Waals surface area (Å²) in [5.74, 6) is -0.364. The first kappa shape index (κ1) is 24.2. The van der Waals surface area contributed by atoms with Crippen LogP contribution in [0.4, 0.5) is 0 Å². The van der Waals surface area contributed by atoms with E-state index in [1.165, 1.54) is 15.9 Å². The lowest BCUT2D eigenvalue weighted by Crippen LogP contribution is -2.39. The van der Waals surface area contributed by atoms with Crippen molar-refractivity contribution >= 4 is 73.5 Å². The first-order chi connectivity index (χ1) is 15.7. The molecule has 1 aliphatic rings. The second kappa shape index (κ2) is 9.73. The van der Waals surface area contributed by atoms with Gasteiger partial charge < -0.3 is 9.84 Å². The minimum absolute atomic E-state index is 0.145. The van der Waals surface area contributed by atoms with Crippen LogP contribution in [0.2, 0.25) is 5.02 Å². The zero-order valence-electron chi connectivity index (χ0n) is 17.4. The number of carbonyl (C=O) groups excluding carboxylic acids is 1. The topological polar surface area (TPSA) is 80.9 Å². The van der Waals surface area contributed by atoms with Crippen molar-refractivity contribution < 1.29 is 14.6 Å². The number of rotatable bonds is 4. The third-order valence-electron chi connectivity index (χ3n) is 5.04. The van der Waals surface area contributed by atoms with Gasteiger partial charge in [-0.3, -0.25) is 9.36 Å². The Kier molecular flexibility index (Phi) is 7.13. The molecule has 2 heterocycles. The Morgan fingerprint density at radius 2 is 2.06 bits per heavy atom. The van der Waals surface area contributed by atoms with E-state index >= 15 is 0 Å². The molecule has 2 aromatic carbocycles. The number of fused-ring (bicyclic) bond motifs is 1. The van der Waals surface area contributed by atoms with Crippen molar-refractivity contribution in [2.75, 3.05) is 6.61 Å². The second-order valence-electron chi connectivity index (χ2n) is 7.19. The Labute approximate surface area is 220 Å². The van der Waals surface area contributed by atoms with Crippen LogP contribution in [0, 0.1) is 3.57 Å². The molecule has 1 aromatic heterocycles. The number of esters is 1. The molecule has 6 nitrogen and oxygen atoms in total. The van der Waals surface area contributed by atoms with Gasteiger partial charge in [0.15, 0.2) is 4.80 Å². The van der Waals surface area contributed by atoms with Gasteiger partial charge in [-0.2, -0.15) is 0 Å². The van der Waals surface area contributed by atoms with Crippen molar-refractivity contribution in [1.82, 2.24) is 4.57 Å². The zero-order chi connectivity index (χ0) is 23.9. The molecule has 0 spiro atoms. The van der Waals surface area contributed by atoms with Crippen molar-refractivity contribution in [3.8, 4) is 5.75 Å². The lowest BCUT2D eigenvalue weighted by atomic mass is 9.96. The molecule has 170 valence electrons. The summed E-state index contributed by atoms with van der Waals surface area (Å²) in [6.45, 7) is 3.69. The zero-order valence-corrected chi connectivity index (χ0v) is 22.8. The molecule has 0 aliphatic carbocycles. The first-order valence-electron chi connectivity index (χ1n) is 9.84. The fraction of sp³-hybridized carbons (Fsp3) is 0.174. The van der Waals surface area contributed by atoms with Crippen molar-refractivity contribution in [3.63, 3.8) is 0 Å². The molecule has 0 saturated carbocycles. The third-order valence-corrected chi connectivity index (χ3v) is 7.70. The van der Waals surface area contributed by atoms with Crippen LogP contribution < -0.4 is 14.9 Å². The van der Waals surface area contributed by atoms with Crippen LogP contribution in [0.15, 0.2) is 61.9 Å². The lowest BCUT2D eigenvalue weighted by molar-refractivity contribution is -0.139. The maximum Gasteiger partial charge on any atom is 0.338 e. The molecule has 0 bridgehead atoms. The SMILES string of the molecule is CCOC(=O)C1=C(C)N=c2s/c(=C/c3cc(Br)c(O)c(I)c3)c(=O)n2[C@H]1c1ccc(Cl)cc1. The number of phenols is 1. The minimum Gasteiger partial charge on any atom is -0.506 e. The fourth-order valence-electron chi connectivity index (χ4n) is 3.57. The first-order valence-corrected chi connectivity index (χ1v) is 12.9. The van der Waals surface area contributed by atoms with Crippen LogP contribution in [-0.2, 0) is 9.53 Å². The van der Waals surface area contributed by atoms with E-state index in [9.17, 15) is 14.7 Å². The number of aromatic hydroxyl groups is 1. The predicted molar refractivity (Wildman–Crippen MR) is 140 cm³/mol. The Balaban J connectivity index is 1.96. The Hall–Kier alpha value is -1.95. The summed E-state index contributed by atoms with van der Waals surface area (Å²) in [6, 6.07) is 9.86. The smallest absolute Gasteiger partial charge is 0.338 e. The van der Waals surface area contributed by atoms with Gasteiger partial charge in [0.25, 0.3) is 5.56 Å². The normalized spacial score (nSPS) is 15.9. The van der Waals surface area contributed by atoms with E-state index in [1.807, 2.05) is 22.6 Å². The largest absolute Gasteiger partial charge is 0.506 e. The van der Waals surface area contributed by atoms with Gasteiger partial charge in [0.2, 0.25) is 0 Å². The van der Waals surface area contributed by atoms with E-state index < -0.39 is 12.0 Å². The van der Waals surface area contributed by atoms with Crippen LogP contribution >= 0.6 is 61.5 Å². The number of hydrogen-bond donors (Lipinski definition) is 1. The van der Waals surface area contributed by atoms with E-state index in [2.05, 4.69) is 20.9 Å². The second-order valence-corrected chi connectivity index (χ2v) is 10.6. The molecule has 0 amide bonds. The van der Waals surface area contributed by atoms with E-state index in [1.54, 1.807) is 56.3 Å².